The first kappa shape index (κ1) is 12.1. The van der Waals surface area contributed by atoms with Gasteiger partial charge in [-0.1, -0.05) is 24.3 Å². The summed E-state index contributed by atoms with van der Waals surface area (Å²) in [6.45, 7) is 4.29. The maximum absolute atomic E-state index is 12.1. The minimum atomic E-state index is -0.222. The van der Waals surface area contributed by atoms with Gasteiger partial charge in [-0.25, -0.2) is 0 Å². The second-order valence-electron chi connectivity index (χ2n) is 4.35. The van der Waals surface area contributed by atoms with E-state index in [2.05, 4.69) is 0 Å². The average Bonchev–Trinajstić information content (AvgIpc) is 2.36. The van der Waals surface area contributed by atoms with Crippen molar-refractivity contribution in [3.63, 3.8) is 0 Å². The molecular weight excluding hydrogens is 224 g/mol. The SMILES string of the molecule is Cc1ccccc1Cn1ccc(C)c(C#N)c1=O. The van der Waals surface area contributed by atoms with Gasteiger partial charge in [0.1, 0.15) is 11.6 Å². The lowest BCUT2D eigenvalue weighted by Gasteiger charge is -2.09. The van der Waals surface area contributed by atoms with E-state index in [0.29, 0.717) is 6.54 Å². The van der Waals surface area contributed by atoms with Crippen LogP contribution in [0.25, 0.3) is 0 Å². The molecule has 0 aliphatic carbocycles. The molecule has 0 saturated heterocycles. The fraction of sp³-hybridized carbons (Fsp3) is 0.200. The first-order chi connectivity index (χ1) is 8.63. The summed E-state index contributed by atoms with van der Waals surface area (Å²) >= 11 is 0. The van der Waals surface area contributed by atoms with Crippen molar-refractivity contribution in [3.05, 3.63) is 69.1 Å². The molecule has 90 valence electrons. The number of pyridine rings is 1. The van der Waals surface area contributed by atoms with E-state index in [1.54, 1.807) is 23.8 Å². The van der Waals surface area contributed by atoms with Gasteiger partial charge in [0.05, 0.1) is 6.54 Å². The lowest BCUT2D eigenvalue weighted by molar-refractivity contribution is 0.750. The number of rotatable bonds is 2. The zero-order valence-corrected chi connectivity index (χ0v) is 10.5. The van der Waals surface area contributed by atoms with Crippen molar-refractivity contribution >= 4 is 0 Å². The number of hydrogen-bond acceptors (Lipinski definition) is 2. The van der Waals surface area contributed by atoms with Crippen LogP contribution in [0.5, 0.6) is 0 Å². The normalized spacial score (nSPS) is 10.1. The molecule has 1 heterocycles. The van der Waals surface area contributed by atoms with Crippen molar-refractivity contribution < 1.29 is 0 Å². The highest BCUT2D eigenvalue weighted by Gasteiger charge is 2.07. The molecular formula is C15H14N2O. The van der Waals surface area contributed by atoms with Crippen LogP contribution in [0.4, 0.5) is 0 Å². The summed E-state index contributed by atoms with van der Waals surface area (Å²) < 4.78 is 1.58. The van der Waals surface area contributed by atoms with E-state index in [0.717, 1.165) is 16.7 Å². The molecule has 0 radical (unpaired) electrons. The van der Waals surface area contributed by atoms with Crippen molar-refractivity contribution in [2.45, 2.75) is 20.4 Å². The fourth-order valence-corrected chi connectivity index (χ4v) is 1.90. The standard InChI is InChI=1S/C15H14N2O/c1-11-5-3-4-6-13(11)10-17-8-7-12(2)14(9-16)15(17)18/h3-8H,10H2,1-2H3. The van der Waals surface area contributed by atoms with Crippen molar-refractivity contribution in [1.29, 1.82) is 5.26 Å². The summed E-state index contributed by atoms with van der Waals surface area (Å²) in [5.74, 6) is 0. The predicted molar refractivity (Wildman–Crippen MR) is 70.4 cm³/mol. The minimum Gasteiger partial charge on any atom is -0.310 e. The van der Waals surface area contributed by atoms with Gasteiger partial charge in [0.25, 0.3) is 5.56 Å². The van der Waals surface area contributed by atoms with Gasteiger partial charge in [-0.15, -0.1) is 0 Å². The van der Waals surface area contributed by atoms with Crippen LogP contribution in [0.15, 0.2) is 41.3 Å². The van der Waals surface area contributed by atoms with Crippen LogP contribution in [-0.2, 0) is 6.54 Å². The van der Waals surface area contributed by atoms with Gasteiger partial charge >= 0.3 is 0 Å². The second-order valence-corrected chi connectivity index (χ2v) is 4.35. The summed E-state index contributed by atoms with van der Waals surface area (Å²) in [5, 5.41) is 8.98. The smallest absolute Gasteiger partial charge is 0.269 e. The van der Waals surface area contributed by atoms with Gasteiger partial charge in [0.2, 0.25) is 0 Å². The Morgan fingerprint density at radius 3 is 2.56 bits per heavy atom. The van der Waals surface area contributed by atoms with Gasteiger partial charge in [0.15, 0.2) is 0 Å². The van der Waals surface area contributed by atoms with Crippen LogP contribution < -0.4 is 5.56 Å². The van der Waals surface area contributed by atoms with Crippen LogP contribution in [0.3, 0.4) is 0 Å². The quantitative estimate of drug-likeness (QED) is 0.806. The molecule has 18 heavy (non-hydrogen) atoms. The number of hydrogen-bond donors (Lipinski definition) is 0. The molecule has 3 nitrogen and oxygen atoms in total. The highest BCUT2D eigenvalue weighted by Crippen LogP contribution is 2.09. The second kappa shape index (κ2) is 4.89. The molecule has 0 fully saturated rings. The Morgan fingerprint density at radius 2 is 1.89 bits per heavy atom. The number of nitriles is 1. The van der Waals surface area contributed by atoms with Crippen molar-refractivity contribution in [1.82, 2.24) is 4.57 Å². The third-order valence-corrected chi connectivity index (χ3v) is 3.09. The summed E-state index contributed by atoms with van der Waals surface area (Å²) in [4.78, 5) is 12.1. The maximum atomic E-state index is 12.1. The minimum absolute atomic E-state index is 0.222. The van der Waals surface area contributed by atoms with Crippen molar-refractivity contribution in [3.8, 4) is 6.07 Å². The summed E-state index contributed by atoms with van der Waals surface area (Å²) in [5.41, 5.74) is 2.96. The van der Waals surface area contributed by atoms with E-state index in [1.807, 2.05) is 37.3 Å². The molecule has 0 aliphatic rings. The summed E-state index contributed by atoms with van der Waals surface area (Å²) in [6, 6.07) is 11.7. The van der Waals surface area contributed by atoms with Crippen LogP contribution in [0.1, 0.15) is 22.3 Å². The average molecular weight is 238 g/mol. The van der Waals surface area contributed by atoms with Crippen molar-refractivity contribution in [2.24, 2.45) is 0 Å². The Bertz CT molecular complexity index is 678. The van der Waals surface area contributed by atoms with Crippen LogP contribution in [0, 0.1) is 25.2 Å². The Labute approximate surface area is 106 Å². The molecule has 0 saturated carbocycles. The van der Waals surface area contributed by atoms with Crippen molar-refractivity contribution in [2.75, 3.05) is 0 Å². The number of nitrogens with zero attached hydrogens (tertiary/aromatic N) is 2. The summed E-state index contributed by atoms with van der Waals surface area (Å²) in [6.07, 6.45) is 1.74. The van der Waals surface area contributed by atoms with E-state index in [9.17, 15) is 4.79 Å². The Hall–Kier alpha value is -2.34. The van der Waals surface area contributed by atoms with E-state index >= 15 is 0 Å². The Balaban J connectivity index is 2.46. The molecule has 0 atom stereocenters. The molecule has 0 N–H and O–H groups in total. The van der Waals surface area contributed by atoms with E-state index in [1.165, 1.54) is 0 Å². The molecule has 3 heteroatoms. The topological polar surface area (TPSA) is 45.8 Å². The third-order valence-electron chi connectivity index (χ3n) is 3.09. The first-order valence-corrected chi connectivity index (χ1v) is 5.78. The van der Waals surface area contributed by atoms with Gasteiger partial charge in [-0.3, -0.25) is 4.79 Å². The van der Waals surface area contributed by atoms with E-state index in [-0.39, 0.29) is 11.1 Å². The first-order valence-electron chi connectivity index (χ1n) is 5.78. The molecule has 2 rings (SSSR count). The van der Waals surface area contributed by atoms with E-state index in [4.69, 9.17) is 5.26 Å². The Kier molecular flexibility index (Phi) is 3.29. The molecule has 2 aromatic rings. The van der Waals surface area contributed by atoms with Gasteiger partial charge in [-0.05, 0) is 36.6 Å². The molecule has 1 aromatic heterocycles. The van der Waals surface area contributed by atoms with Crippen LogP contribution in [-0.4, -0.2) is 4.57 Å². The van der Waals surface area contributed by atoms with Crippen LogP contribution >= 0.6 is 0 Å². The molecule has 0 aliphatic heterocycles. The summed E-state index contributed by atoms with van der Waals surface area (Å²) in [7, 11) is 0. The van der Waals surface area contributed by atoms with Gasteiger partial charge < -0.3 is 4.57 Å². The monoisotopic (exact) mass is 238 g/mol. The van der Waals surface area contributed by atoms with Crippen LogP contribution in [0.2, 0.25) is 0 Å². The highest BCUT2D eigenvalue weighted by atomic mass is 16.1. The molecule has 0 spiro atoms. The zero-order chi connectivity index (χ0) is 13.1. The lowest BCUT2D eigenvalue weighted by Crippen LogP contribution is -2.23. The number of benzene rings is 1. The number of aryl methyl sites for hydroxylation is 2. The Morgan fingerprint density at radius 1 is 1.17 bits per heavy atom. The largest absolute Gasteiger partial charge is 0.310 e. The zero-order valence-electron chi connectivity index (χ0n) is 10.5. The molecule has 1 aromatic carbocycles. The lowest BCUT2D eigenvalue weighted by atomic mass is 10.1. The van der Waals surface area contributed by atoms with Gasteiger partial charge in [0, 0.05) is 6.20 Å². The molecule has 0 bridgehead atoms. The van der Waals surface area contributed by atoms with E-state index < -0.39 is 0 Å². The van der Waals surface area contributed by atoms with Gasteiger partial charge in [-0.2, -0.15) is 5.26 Å². The third kappa shape index (κ3) is 2.18. The maximum Gasteiger partial charge on any atom is 0.269 e. The molecule has 0 unspecified atom stereocenters. The fourth-order valence-electron chi connectivity index (χ4n) is 1.90. The highest BCUT2D eigenvalue weighted by molar-refractivity contribution is 5.34. The number of aromatic nitrogens is 1. The predicted octanol–water partition coefficient (Wildman–Crippen LogP) is 2.39. The molecule has 0 amide bonds.